The highest BCUT2D eigenvalue weighted by atomic mass is 16.3. The van der Waals surface area contributed by atoms with Crippen molar-refractivity contribution in [1.82, 2.24) is 5.32 Å². The Labute approximate surface area is 118 Å². The van der Waals surface area contributed by atoms with Crippen molar-refractivity contribution < 1.29 is 20.1 Å². The van der Waals surface area contributed by atoms with E-state index in [1.54, 1.807) is 0 Å². The molecule has 0 radical (unpaired) electrons. The lowest BCUT2D eigenvalue weighted by atomic mass is 9.76. The van der Waals surface area contributed by atoms with Gasteiger partial charge in [-0.3, -0.25) is 4.79 Å². The molecule has 0 spiro atoms. The largest absolute Gasteiger partial charge is 0.508 e. The van der Waals surface area contributed by atoms with E-state index in [2.05, 4.69) is 12.2 Å². The van der Waals surface area contributed by atoms with Gasteiger partial charge in [-0.25, -0.2) is 0 Å². The fourth-order valence-electron chi connectivity index (χ4n) is 2.97. The minimum Gasteiger partial charge on any atom is -0.508 e. The molecule has 2 atom stereocenters. The topological polar surface area (TPSA) is 89.8 Å². The monoisotopic (exact) mass is 279 g/mol. The van der Waals surface area contributed by atoms with Gasteiger partial charge in [-0.2, -0.15) is 0 Å². The van der Waals surface area contributed by atoms with Crippen LogP contribution in [0.15, 0.2) is 18.2 Å². The molecule has 1 aliphatic rings. The normalized spacial score (nSPS) is 26.2. The maximum absolute atomic E-state index is 12.3. The molecule has 5 nitrogen and oxygen atoms in total. The van der Waals surface area contributed by atoms with Gasteiger partial charge in [-0.15, -0.1) is 0 Å². The number of hydrogen-bond donors (Lipinski definition) is 4. The molecule has 1 aromatic carbocycles. The van der Waals surface area contributed by atoms with Gasteiger partial charge in [-0.05, 0) is 37.0 Å². The Morgan fingerprint density at radius 3 is 2.85 bits per heavy atom. The Bertz CT molecular complexity index is 503. The number of nitrogens with one attached hydrogen (secondary N) is 1. The van der Waals surface area contributed by atoms with Crippen LogP contribution in [0.25, 0.3) is 0 Å². The van der Waals surface area contributed by atoms with Gasteiger partial charge < -0.3 is 20.6 Å². The summed E-state index contributed by atoms with van der Waals surface area (Å²) in [6.07, 6.45) is 3.48. The van der Waals surface area contributed by atoms with Crippen LogP contribution in [0, 0.1) is 5.92 Å². The molecular weight excluding hydrogens is 258 g/mol. The zero-order valence-electron chi connectivity index (χ0n) is 11.6. The molecule has 2 rings (SSSR count). The molecule has 1 fully saturated rings. The number of carbonyl (C=O) groups excluding carboxylic acids is 1. The Balaban J connectivity index is 2.19. The molecule has 0 bridgehead atoms. The van der Waals surface area contributed by atoms with Crippen LogP contribution in [-0.2, 0) is 0 Å². The third-order valence-corrected chi connectivity index (χ3v) is 4.00. The van der Waals surface area contributed by atoms with E-state index < -0.39 is 11.4 Å². The first-order valence-corrected chi connectivity index (χ1v) is 6.91. The lowest BCUT2D eigenvalue weighted by molar-refractivity contribution is 0.0694. The molecule has 1 aliphatic carbocycles. The van der Waals surface area contributed by atoms with E-state index in [1.807, 2.05) is 0 Å². The van der Waals surface area contributed by atoms with Crippen molar-refractivity contribution in [1.29, 1.82) is 0 Å². The van der Waals surface area contributed by atoms with Crippen LogP contribution >= 0.6 is 0 Å². The van der Waals surface area contributed by atoms with E-state index >= 15 is 0 Å². The fourth-order valence-corrected chi connectivity index (χ4v) is 2.97. The van der Waals surface area contributed by atoms with Gasteiger partial charge in [0.2, 0.25) is 0 Å². The number of aromatic hydroxyl groups is 2. The minimum atomic E-state index is -0.632. The predicted octanol–water partition coefficient (Wildman–Crippen LogP) is 1.77. The van der Waals surface area contributed by atoms with Gasteiger partial charge in [0.15, 0.2) is 0 Å². The maximum Gasteiger partial charge on any atom is 0.255 e. The summed E-state index contributed by atoms with van der Waals surface area (Å²) in [5, 5.41) is 31.6. The summed E-state index contributed by atoms with van der Waals surface area (Å²) in [5.74, 6) is -0.296. The zero-order valence-corrected chi connectivity index (χ0v) is 11.6. The molecule has 110 valence electrons. The van der Waals surface area contributed by atoms with Crippen molar-refractivity contribution in [2.45, 2.75) is 38.1 Å². The number of phenolic OH excluding ortho intramolecular Hbond substituents is 2. The van der Waals surface area contributed by atoms with Crippen LogP contribution in [0.3, 0.4) is 0 Å². The number of aliphatic hydroxyl groups is 1. The second-order valence-electron chi connectivity index (χ2n) is 5.80. The van der Waals surface area contributed by atoms with Crippen molar-refractivity contribution in [2.75, 3.05) is 6.61 Å². The number of amides is 1. The number of aliphatic hydroxyl groups excluding tert-OH is 1. The summed E-state index contributed by atoms with van der Waals surface area (Å²) in [7, 11) is 0. The van der Waals surface area contributed by atoms with E-state index in [9.17, 15) is 20.1 Å². The molecule has 0 aromatic heterocycles. The smallest absolute Gasteiger partial charge is 0.255 e. The first-order valence-electron chi connectivity index (χ1n) is 6.91. The summed E-state index contributed by atoms with van der Waals surface area (Å²) in [6, 6.07) is 3.82. The molecule has 1 amide bonds. The third kappa shape index (κ3) is 3.04. The SMILES string of the molecule is CC1CCCC(CO)(NC(=O)c2cc(O)ccc2O)C1. The summed E-state index contributed by atoms with van der Waals surface area (Å²) in [4.78, 5) is 12.3. The molecule has 5 heteroatoms. The van der Waals surface area contributed by atoms with Gasteiger partial charge in [0.1, 0.15) is 11.5 Å². The Morgan fingerprint density at radius 1 is 1.45 bits per heavy atom. The van der Waals surface area contributed by atoms with E-state index in [-0.39, 0.29) is 23.7 Å². The van der Waals surface area contributed by atoms with Crippen LogP contribution in [0.5, 0.6) is 11.5 Å². The van der Waals surface area contributed by atoms with Crippen LogP contribution in [0.4, 0.5) is 0 Å². The summed E-state index contributed by atoms with van der Waals surface area (Å²) in [5.41, 5.74) is -0.608. The summed E-state index contributed by atoms with van der Waals surface area (Å²) >= 11 is 0. The maximum atomic E-state index is 12.3. The second kappa shape index (κ2) is 5.71. The molecule has 1 saturated carbocycles. The third-order valence-electron chi connectivity index (χ3n) is 4.00. The highest BCUT2D eigenvalue weighted by molar-refractivity contribution is 5.97. The minimum absolute atomic E-state index is 0.0241. The van der Waals surface area contributed by atoms with E-state index in [0.29, 0.717) is 5.92 Å². The van der Waals surface area contributed by atoms with Crippen LogP contribution in [0.1, 0.15) is 43.0 Å². The summed E-state index contributed by atoms with van der Waals surface area (Å²) < 4.78 is 0. The molecule has 0 aliphatic heterocycles. The number of hydrogen-bond acceptors (Lipinski definition) is 4. The highest BCUT2D eigenvalue weighted by Gasteiger charge is 2.36. The molecule has 4 N–H and O–H groups in total. The van der Waals surface area contributed by atoms with Crippen molar-refractivity contribution in [3.05, 3.63) is 23.8 Å². The number of rotatable bonds is 3. The second-order valence-corrected chi connectivity index (χ2v) is 5.80. The van der Waals surface area contributed by atoms with Gasteiger partial charge in [-0.1, -0.05) is 19.8 Å². The van der Waals surface area contributed by atoms with Crippen LogP contribution < -0.4 is 5.32 Å². The van der Waals surface area contributed by atoms with E-state index in [1.165, 1.54) is 18.2 Å². The average Bonchev–Trinajstić information content (AvgIpc) is 2.41. The Morgan fingerprint density at radius 2 is 2.20 bits per heavy atom. The van der Waals surface area contributed by atoms with Gasteiger partial charge in [0.05, 0.1) is 17.7 Å². The summed E-state index contributed by atoms with van der Waals surface area (Å²) in [6.45, 7) is 1.98. The van der Waals surface area contributed by atoms with E-state index in [4.69, 9.17) is 0 Å². The molecule has 2 unspecified atom stereocenters. The predicted molar refractivity (Wildman–Crippen MR) is 74.7 cm³/mol. The number of carbonyl (C=O) groups is 1. The van der Waals surface area contributed by atoms with Gasteiger partial charge >= 0.3 is 0 Å². The van der Waals surface area contributed by atoms with Crippen LogP contribution in [0.2, 0.25) is 0 Å². The van der Waals surface area contributed by atoms with Crippen LogP contribution in [-0.4, -0.2) is 33.4 Å². The van der Waals surface area contributed by atoms with Crippen molar-refractivity contribution in [3.8, 4) is 11.5 Å². The molecule has 20 heavy (non-hydrogen) atoms. The first kappa shape index (κ1) is 14.7. The van der Waals surface area contributed by atoms with Crippen molar-refractivity contribution in [3.63, 3.8) is 0 Å². The van der Waals surface area contributed by atoms with E-state index in [0.717, 1.165) is 25.7 Å². The average molecular weight is 279 g/mol. The zero-order chi connectivity index (χ0) is 14.8. The lowest BCUT2D eigenvalue weighted by Crippen LogP contribution is -2.53. The van der Waals surface area contributed by atoms with Crippen molar-refractivity contribution in [2.24, 2.45) is 5.92 Å². The van der Waals surface area contributed by atoms with Gasteiger partial charge in [0.25, 0.3) is 5.91 Å². The first-order chi connectivity index (χ1) is 9.46. The number of phenols is 2. The van der Waals surface area contributed by atoms with Gasteiger partial charge in [0, 0.05) is 0 Å². The standard InChI is InChI=1S/C15H21NO4/c1-10-3-2-6-15(8-10,9-17)16-14(20)12-7-11(18)4-5-13(12)19/h4-5,7,10,17-19H,2-3,6,8-9H2,1H3,(H,16,20). The molecular formula is C15H21NO4. The fraction of sp³-hybridized carbons (Fsp3) is 0.533. The lowest BCUT2D eigenvalue weighted by Gasteiger charge is -2.39. The molecule has 0 heterocycles. The molecule has 1 aromatic rings. The Hall–Kier alpha value is -1.75. The quantitative estimate of drug-likeness (QED) is 0.635. The highest BCUT2D eigenvalue weighted by Crippen LogP contribution is 2.33. The number of benzene rings is 1. The Kier molecular flexibility index (Phi) is 4.18. The molecule has 0 saturated heterocycles. The van der Waals surface area contributed by atoms with Crippen molar-refractivity contribution >= 4 is 5.91 Å².